The van der Waals surface area contributed by atoms with Crippen molar-refractivity contribution in [2.75, 3.05) is 18.1 Å². The summed E-state index contributed by atoms with van der Waals surface area (Å²) in [4.78, 5) is 18.4. The minimum Gasteiger partial charge on any atom is -0.368 e. The number of anilines is 1. The first-order valence-electron chi connectivity index (χ1n) is 3.61. The number of rotatable bonds is 4. The van der Waals surface area contributed by atoms with E-state index in [0.717, 1.165) is 5.03 Å². The molecule has 0 aliphatic rings. The number of hydrogen-bond acceptors (Lipinski definition) is 5. The van der Waals surface area contributed by atoms with Gasteiger partial charge in [0.05, 0.1) is 6.54 Å². The van der Waals surface area contributed by atoms with Crippen LogP contribution in [0.1, 0.15) is 0 Å². The number of carbonyl (C=O) groups is 1. The van der Waals surface area contributed by atoms with Crippen molar-refractivity contribution in [3.63, 3.8) is 0 Å². The van der Waals surface area contributed by atoms with Crippen molar-refractivity contribution in [1.82, 2.24) is 9.97 Å². The summed E-state index contributed by atoms with van der Waals surface area (Å²) < 4.78 is 0. The van der Waals surface area contributed by atoms with Gasteiger partial charge in [0, 0.05) is 6.20 Å². The predicted octanol–water partition coefficient (Wildman–Crippen LogP) is 0.0957. The zero-order valence-corrected chi connectivity index (χ0v) is 7.97. The number of aromatic nitrogens is 2. The molecule has 1 rings (SSSR count). The van der Waals surface area contributed by atoms with Crippen molar-refractivity contribution in [3.05, 3.63) is 12.3 Å². The van der Waals surface area contributed by atoms with E-state index in [-0.39, 0.29) is 6.54 Å². The summed E-state index contributed by atoms with van der Waals surface area (Å²) in [5.74, 6) is -0.0104. The zero-order chi connectivity index (χ0) is 9.68. The maximum atomic E-state index is 10.4. The maximum Gasteiger partial charge on any atom is 0.236 e. The van der Waals surface area contributed by atoms with Crippen LogP contribution in [0.15, 0.2) is 17.3 Å². The second kappa shape index (κ2) is 4.66. The van der Waals surface area contributed by atoms with Crippen molar-refractivity contribution in [1.29, 1.82) is 0 Å². The van der Waals surface area contributed by atoms with Gasteiger partial charge in [0.25, 0.3) is 0 Å². The molecule has 0 atom stereocenters. The number of nitrogens with one attached hydrogen (secondary N) is 1. The molecule has 1 aromatic rings. The van der Waals surface area contributed by atoms with E-state index in [9.17, 15) is 4.79 Å². The molecule has 0 saturated heterocycles. The molecule has 70 valence electrons. The Kier molecular flexibility index (Phi) is 3.51. The van der Waals surface area contributed by atoms with Crippen LogP contribution in [0.25, 0.3) is 0 Å². The van der Waals surface area contributed by atoms with Crippen molar-refractivity contribution < 1.29 is 4.79 Å². The SMILES string of the molecule is CSc1ccnc(NCC(N)=O)n1. The van der Waals surface area contributed by atoms with Crippen LogP contribution in [-0.2, 0) is 4.79 Å². The zero-order valence-electron chi connectivity index (χ0n) is 7.15. The summed E-state index contributed by atoms with van der Waals surface area (Å²) in [5.41, 5.74) is 4.95. The highest BCUT2D eigenvalue weighted by molar-refractivity contribution is 7.98. The van der Waals surface area contributed by atoms with Gasteiger partial charge in [-0.2, -0.15) is 0 Å². The van der Waals surface area contributed by atoms with E-state index in [2.05, 4.69) is 15.3 Å². The van der Waals surface area contributed by atoms with E-state index in [0.29, 0.717) is 5.95 Å². The molecule has 1 heterocycles. The first-order valence-corrected chi connectivity index (χ1v) is 4.84. The van der Waals surface area contributed by atoms with Crippen molar-refractivity contribution >= 4 is 23.6 Å². The van der Waals surface area contributed by atoms with Gasteiger partial charge in [-0.15, -0.1) is 11.8 Å². The van der Waals surface area contributed by atoms with Gasteiger partial charge in [-0.05, 0) is 12.3 Å². The summed E-state index contributed by atoms with van der Waals surface area (Å²) in [6, 6.07) is 1.79. The lowest BCUT2D eigenvalue weighted by atomic mass is 10.6. The van der Waals surface area contributed by atoms with Crippen LogP contribution in [0.4, 0.5) is 5.95 Å². The van der Waals surface area contributed by atoms with Gasteiger partial charge >= 0.3 is 0 Å². The molecule has 6 heteroatoms. The van der Waals surface area contributed by atoms with Crippen LogP contribution >= 0.6 is 11.8 Å². The number of nitrogens with two attached hydrogens (primary N) is 1. The summed E-state index contributed by atoms with van der Waals surface area (Å²) in [6.45, 7) is 0.0534. The number of hydrogen-bond donors (Lipinski definition) is 2. The smallest absolute Gasteiger partial charge is 0.236 e. The lowest BCUT2D eigenvalue weighted by Gasteiger charge is -2.02. The van der Waals surface area contributed by atoms with Crippen molar-refractivity contribution in [2.24, 2.45) is 5.73 Å². The molecule has 0 unspecified atom stereocenters. The summed E-state index contributed by atoms with van der Waals surface area (Å²) >= 11 is 1.51. The Morgan fingerprint density at radius 2 is 2.54 bits per heavy atom. The predicted molar refractivity (Wildman–Crippen MR) is 51.5 cm³/mol. The molecule has 0 aliphatic heterocycles. The fraction of sp³-hybridized carbons (Fsp3) is 0.286. The standard InChI is InChI=1S/C7H10N4OS/c1-13-6-2-3-9-7(11-6)10-4-5(8)12/h2-3H,4H2,1H3,(H2,8,12)(H,9,10,11). The van der Waals surface area contributed by atoms with Crippen LogP contribution in [-0.4, -0.2) is 28.7 Å². The highest BCUT2D eigenvalue weighted by Gasteiger charge is 1.98. The molecule has 0 aliphatic carbocycles. The third-order valence-corrected chi connectivity index (χ3v) is 1.91. The van der Waals surface area contributed by atoms with Gasteiger partial charge in [0.15, 0.2) is 0 Å². The molecule has 3 N–H and O–H groups in total. The molecule has 0 spiro atoms. The second-order valence-electron chi connectivity index (χ2n) is 2.24. The number of nitrogens with zero attached hydrogens (tertiary/aromatic N) is 2. The molecule has 0 radical (unpaired) electrons. The Morgan fingerprint density at radius 1 is 1.77 bits per heavy atom. The van der Waals surface area contributed by atoms with E-state index in [1.54, 1.807) is 12.3 Å². The minimum atomic E-state index is -0.432. The molecule has 13 heavy (non-hydrogen) atoms. The highest BCUT2D eigenvalue weighted by atomic mass is 32.2. The Bertz CT molecular complexity index is 304. The lowest BCUT2D eigenvalue weighted by Crippen LogP contribution is -2.22. The Morgan fingerprint density at radius 3 is 3.15 bits per heavy atom. The molecule has 5 nitrogen and oxygen atoms in total. The molecule has 0 fully saturated rings. The molecule has 0 aromatic carbocycles. The summed E-state index contributed by atoms with van der Waals surface area (Å²) in [7, 11) is 0. The van der Waals surface area contributed by atoms with Gasteiger partial charge in [0.2, 0.25) is 11.9 Å². The minimum absolute atomic E-state index is 0.0534. The third kappa shape index (κ3) is 3.29. The molecular weight excluding hydrogens is 188 g/mol. The Balaban J connectivity index is 2.61. The van der Waals surface area contributed by atoms with Crippen molar-refractivity contribution in [2.45, 2.75) is 5.03 Å². The van der Waals surface area contributed by atoms with Crippen LogP contribution in [0, 0.1) is 0 Å². The van der Waals surface area contributed by atoms with Crippen LogP contribution < -0.4 is 11.1 Å². The molecule has 1 amide bonds. The normalized spacial score (nSPS) is 9.62. The molecule has 0 bridgehead atoms. The van der Waals surface area contributed by atoms with E-state index in [4.69, 9.17) is 5.73 Å². The van der Waals surface area contributed by atoms with E-state index in [1.165, 1.54) is 11.8 Å². The number of carbonyl (C=O) groups excluding carboxylic acids is 1. The molecule has 0 saturated carbocycles. The second-order valence-corrected chi connectivity index (χ2v) is 3.07. The monoisotopic (exact) mass is 198 g/mol. The third-order valence-electron chi connectivity index (χ3n) is 1.26. The number of amides is 1. The molecule has 1 aromatic heterocycles. The fourth-order valence-electron chi connectivity index (χ4n) is 0.707. The Labute approximate surface area is 80.1 Å². The quantitative estimate of drug-likeness (QED) is 0.529. The Hall–Kier alpha value is -1.30. The topological polar surface area (TPSA) is 80.9 Å². The van der Waals surface area contributed by atoms with Gasteiger partial charge < -0.3 is 11.1 Å². The first-order chi connectivity index (χ1) is 6.22. The highest BCUT2D eigenvalue weighted by Crippen LogP contribution is 2.11. The lowest BCUT2D eigenvalue weighted by molar-refractivity contribution is -0.116. The van der Waals surface area contributed by atoms with E-state index < -0.39 is 5.91 Å². The van der Waals surface area contributed by atoms with Gasteiger partial charge in [-0.3, -0.25) is 4.79 Å². The number of thioether (sulfide) groups is 1. The summed E-state index contributed by atoms with van der Waals surface area (Å²) in [6.07, 6.45) is 3.54. The van der Waals surface area contributed by atoms with Crippen LogP contribution in [0.2, 0.25) is 0 Å². The van der Waals surface area contributed by atoms with E-state index in [1.807, 2.05) is 6.26 Å². The summed E-state index contributed by atoms with van der Waals surface area (Å²) in [5, 5.41) is 3.56. The average molecular weight is 198 g/mol. The van der Waals surface area contributed by atoms with E-state index >= 15 is 0 Å². The average Bonchev–Trinajstić information content (AvgIpc) is 2.15. The number of primary amides is 1. The largest absolute Gasteiger partial charge is 0.368 e. The van der Waals surface area contributed by atoms with Gasteiger partial charge in [-0.25, -0.2) is 9.97 Å². The molecular formula is C7H10N4OS. The van der Waals surface area contributed by atoms with Gasteiger partial charge in [-0.1, -0.05) is 0 Å². The van der Waals surface area contributed by atoms with Gasteiger partial charge in [0.1, 0.15) is 5.03 Å². The van der Waals surface area contributed by atoms with Crippen LogP contribution in [0.3, 0.4) is 0 Å². The first kappa shape index (κ1) is 9.79. The maximum absolute atomic E-state index is 10.4. The fourth-order valence-corrected chi connectivity index (χ4v) is 1.08. The van der Waals surface area contributed by atoms with Crippen LogP contribution in [0.5, 0.6) is 0 Å². The van der Waals surface area contributed by atoms with Crippen molar-refractivity contribution in [3.8, 4) is 0 Å².